The van der Waals surface area contributed by atoms with Crippen LogP contribution in [0, 0.1) is 5.92 Å². The molecular weight excluding hydrogens is 231 g/mol. The molecule has 1 saturated carbocycles. The van der Waals surface area contributed by atoms with E-state index in [9.17, 15) is 4.79 Å². The Labute approximate surface area is 79.8 Å². The van der Waals surface area contributed by atoms with E-state index in [1.165, 1.54) is 6.42 Å². The van der Waals surface area contributed by atoms with Gasteiger partial charge in [0, 0.05) is 0 Å². The van der Waals surface area contributed by atoms with Crippen LogP contribution in [0.1, 0.15) is 32.1 Å². The summed E-state index contributed by atoms with van der Waals surface area (Å²) in [6, 6.07) is 0. The average molecular weight is 246 g/mol. The molecule has 0 atom stereocenters. The van der Waals surface area contributed by atoms with Crippen LogP contribution in [-0.4, -0.2) is 36.9 Å². The second kappa shape index (κ2) is 5.05. The van der Waals surface area contributed by atoms with Crippen LogP contribution >= 0.6 is 0 Å². The summed E-state index contributed by atoms with van der Waals surface area (Å²) in [5.74, 6) is -0.631. The number of carboxylic acid groups (broad SMARTS) is 1. The van der Waals surface area contributed by atoms with Gasteiger partial charge in [0.2, 0.25) is 0 Å². The molecule has 1 aliphatic rings. The molecule has 3 heteroatoms. The van der Waals surface area contributed by atoms with Crippen LogP contribution in [0.15, 0.2) is 0 Å². The van der Waals surface area contributed by atoms with Gasteiger partial charge in [-0.05, 0) is 12.8 Å². The Balaban J connectivity index is 0.000000810. The van der Waals surface area contributed by atoms with Crippen LogP contribution in [0.25, 0.3) is 0 Å². The first kappa shape index (κ1) is 10.3. The SMILES string of the molecule is O=C(O)C1CCCCC1.[InH3]. The van der Waals surface area contributed by atoms with E-state index in [0.29, 0.717) is 0 Å². The minimum atomic E-state index is -0.602. The molecule has 0 bridgehead atoms. The first-order valence-electron chi connectivity index (χ1n) is 3.53. The minimum absolute atomic E-state index is 0. The van der Waals surface area contributed by atoms with E-state index in [1.807, 2.05) is 0 Å². The van der Waals surface area contributed by atoms with Gasteiger partial charge in [-0.25, -0.2) is 0 Å². The fourth-order valence-corrected chi connectivity index (χ4v) is 1.35. The Hall–Kier alpha value is 0.340. The Morgan fingerprint density at radius 1 is 1.20 bits per heavy atom. The van der Waals surface area contributed by atoms with Crippen LogP contribution in [0.2, 0.25) is 0 Å². The molecule has 1 rings (SSSR count). The van der Waals surface area contributed by atoms with E-state index >= 15 is 0 Å². The third-order valence-corrected chi connectivity index (χ3v) is 1.95. The second-order valence-corrected chi connectivity index (χ2v) is 2.67. The van der Waals surface area contributed by atoms with Crippen molar-refractivity contribution in [3.8, 4) is 0 Å². The first-order chi connectivity index (χ1) is 4.30. The summed E-state index contributed by atoms with van der Waals surface area (Å²) in [5, 5.41) is 8.54. The van der Waals surface area contributed by atoms with Gasteiger partial charge in [0.05, 0.1) is 5.92 Å². The molecule has 0 saturated heterocycles. The quantitative estimate of drug-likeness (QED) is 0.730. The van der Waals surface area contributed by atoms with E-state index in [4.69, 9.17) is 5.11 Å². The molecule has 0 amide bonds. The van der Waals surface area contributed by atoms with E-state index in [-0.39, 0.29) is 31.8 Å². The van der Waals surface area contributed by atoms with E-state index in [2.05, 4.69) is 0 Å². The standard InChI is InChI=1S/C7H12O2.In.3H/c8-7(9)6-4-2-1-3-5-6;;;;/h6H,1-5H2,(H,8,9);;;;. The molecule has 2 nitrogen and oxygen atoms in total. The van der Waals surface area contributed by atoms with Gasteiger partial charge in [-0.15, -0.1) is 0 Å². The first-order valence-corrected chi connectivity index (χ1v) is 3.53. The number of carbonyl (C=O) groups is 1. The van der Waals surface area contributed by atoms with Crippen molar-refractivity contribution in [3.05, 3.63) is 0 Å². The maximum absolute atomic E-state index is 10.4. The molecule has 0 aromatic rings. The van der Waals surface area contributed by atoms with Crippen LogP contribution in [0.3, 0.4) is 0 Å². The summed E-state index contributed by atoms with van der Waals surface area (Å²) in [4.78, 5) is 10.4. The van der Waals surface area contributed by atoms with Crippen molar-refractivity contribution >= 4 is 31.8 Å². The van der Waals surface area contributed by atoms with Crippen LogP contribution in [0.4, 0.5) is 0 Å². The van der Waals surface area contributed by atoms with Gasteiger partial charge in [-0.1, -0.05) is 19.3 Å². The van der Waals surface area contributed by atoms with Crippen molar-refractivity contribution in [2.75, 3.05) is 0 Å². The summed E-state index contributed by atoms with van der Waals surface area (Å²) in [5.41, 5.74) is 0. The Morgan fingerprint density at radius 3 is 2.00 bits per heavy atom. The number of carboxylic acids is 1. The normalized spacial score (nSPS) is 19.6. The topological polar surface area (TPSA) is 37.3 Å². The molecule has 0 spiro atoms. The predicted molar refractivity (Wildman–Crippen MR) is 44.1 cm³/mol. The molecule has 1 aliphatic carbocycles. The summed E-state index contributed by atoms with van der Waals surface area (Å²) < 4.78 is 0. The third kappa shape index (κ3) is 2.95. The molecule has 0 heterocycles. The van der Waals surface area contributed by atoms with Gasteiger partial charge in [-0.2, -0.15) is 0 Å². The third-order valence-electron chi connectivity index (χ3n) is 1.95. The average Bonchev–Trinajstić information content (AvgIpc) is 1.90. The zero-order valence-electron chi connectivity index (χ0n) is 5.47. The van der Waals surface area contributed by atoms with Crippen LogP contribution < -0.4 is 0 Å². The maximum atomic E-state index is 10.4. The van der Waals surface area contributed by atoms with Gasteiger partial charge >= 0.3 is 31.8 Å². The van der Waals surface area contributed by atoms with E-state index in [0.717, 1.165) is 25.7 Å². The molecule has 1 N–H and O–H groups in total. The zero-order chi connectivity index (χ0) is 6.69. The number of hydrogen-bond acceptors (Lipinski definition) is 1. The summed E-state index contributed by atoms with van der Waals surface area (Å²) in [6.45, 7) is 0. The van der Waals surface area contributed by atoms with Crippen molar-refractivity contribution in [1.82, 2.24) is 0 Å². The summed E-state index contributed by atoms with van der Waals surface area (Å²) in [7, 11) is 0. The fourth-order valence-electron chi connectivity index (χ4n) is 1.35. The Morgan fingerprint density at radius 2 is 1.70 bits per heavy atom. The van der Waals surface area contributed by atoms with Gasteiger partial charge < -0.3 is 5.11 Å². The molecule has 0 aromatic carbocycles. The zero-order valence-corrected chi connectivity index (χ0v) is 5.47. The van der Waals surface area contributed by atoms with E-state index < -0.39 is 5.97 Å². The molecule has 0 aliphatic heterocycles. The Bertz CT molecular complexity index is 108. The Kier molecular flexibility index (Phi) is 5.22. The molecular formula is C7H15InO2. The van der Waals surface area contributed by atoms with Crippen molar-refractivity contribution in [3.63, 3.8) is 0 Å². The van der Waals surface area contributed by atoms with Gasteiger partial charge in [-0.3, -0.25) is 4.79 Å². The van der Waals surface area contributed by atoms with Gasteiger partial charge in [0.15, 0.2) is 0 Å². The number of aliphatic carboxylic acids is 1. The molecule has 1 fully saturated rings. The number of rotatable bonds is 1. The van der Waals surface area contributed by atoms with E-state index in [1.54, 1.807) is 0 Å². The monoisotopic (exact) mass is 246 g/mol. The predicted octanol–water partition coefficient (Wildman–Crippen LogP) is 0.467. The molecule has 0 unspecified atom stereocenters. The summed E-state index contributed by atoms with van der Waals surface area (Å²) in [6.07, 6.45) is 5.24. The molecule has 10 heavy (non-hydrogen) atoms. The van der Waals surface area contributed by atoms with Crippen molar-refractivity contribution in [2.24, 2.45) is 5.92 Å². The van der Waals surface area contributed by atoms with Crippen molar-refractivity contribution in [2.45, 2.75) is 32.1 Å². The molecule has 0 aromatic heterocycles. The van der Waals surface area contributed by atoms with Gasteiger partial charge in [0.1, 0.15) is 0 Å². The molecule has 0 radical (unpaired) electrons. The molecule has 58 valence electrons. The van der Waals surface area contributed by atoms with Gasteiger partial charge in [0.25, 0.3) is 0 Å². The number of hydrogen-bond donors (Lipinski definition) is 1. The fraction of sp³-hybridized carbons (Fsp3) is 0.857. The summed E-state index contributed by atoms with van der Waals surface area (Å²) >= 11 is 0. The second-order valence-electron chi connectivity index (χ2n) is 2.67. The van der Waals surface area contributed by atoms with Crippen LogP contribution in [-0.2, 0) is 4.79 Å². The van der Waals surface area contributed by atoms with Crippen molar-refractivity contribution < 1.29 is 9.90 Å². The van der Waals surface area contributed by atoms with Crippen LogP contribution in [0.5, 0.6) is 0 Å². The van der Waals surface area contributed by atoms with Crippen molar-refractivity contribution in [1.29, 1.82) is 0 Å².